The Balaban J connectivity index is 3.06. The molecule has 0 aliphatic heterocycles. The quantitative estimate of drug-likeness (QED) is 0.482. The number of hydrogen-bond donors (Lipinski definition) is 4. The van der Waals surface area contributed by atoms with Gasteiger partial charge in [-0.2, -0.15) is 12.6 Å². The smallest absolute Gasteiger partial charge is 0.329 e. The minimum absolute atomic E-state index is 0.0666. The number of carboxylic acids is 1. The van der Waals surface area contributed by atoms with Gasteiger partial charge in [-0.3, -0.25) is 4.99 Å². The van der Waals surface area contributed by atoms with Gasteiger partial charge in [-0.25, -0.2) is 4.79 Å². The number of rotatable bonds is 4. The number of carboxylic acid groups (broad SMARTS) is 1. The first-order valence-corrected chi connectivity index (χ1v) is 5.49. The van der Waals surface area contributed by atoms with Crippen molar-refractivity contribution in [3.05, 3.63) is 23.8 Å². The predicted octanol–water partition coefficient (Wildman–Crippen LogP) is 1.29. The molecule has 1 aromatic carbocycles. The number of hydrogen-bond acceptors (Lipinski definition) is 5. The van der Waals surface area contributed by atoms with Crippen molar-refractivity contribution in [2.24, 2.45) is 4.99 Å². The molecule has 0 aromatic heterocycles. The summed E-state index contributed by atoms with van der Waals surface area (Å²) in [4.78, 5) is 14.7. The van der Waals surface area contributed by atoms with Crippen molar-refractivity contribution in [1.29, 1.82) is 0 Å². The van der Waals surface area contributed by atoms with Crippen molar-refractivity contribution in [1.82, 2.24) is 0 Å². The fraction of sp³-hybridized carbons (Fsp3) is 0.273. The minimum Gasteiger partial charge on any atom is -0.508 e. The van der Waals surface area contributed by atoms with Crippen LogP contribution in [-0.4, -0.2) is 38.8 Å². The van der Waals surface area contributed by atoms with Crippen LogP contribution in [0.2, 0.25) is 0 Å². The first kappa shape index (κ1) is 13.4. The average Bonchev–Trinajstić information content (AvgIpc) is 2.24. The molecule has 1 atom stereocenters. The summed E-state index contributed by atoms with van der Waals surface area (Å²) >= 11 is 3.89. The first-order chi connectivity index (χ1) is 7.95. The van der Waals surface area contributed by atoms with Gasteiger partial charge in [0.05, 0.1) is 0 Å². The zero-order valence-corrected chi connectivity index (χ0v) is 10.1. The highest BCUT2D eigenvalue weighted by Crippen LogP contribution is 2.23. The van der Waals surface area contributed by atoms with Gasteiger partial charge in [0.25, 0.3) is 0 Å². The number of phenols is 2. The lowest BCUT2D eigenvalue weighted by atomic mass is 10.1. The molecule has 3 N–H and O–H groups in total. The molecule has 0 fully saturated rings. The van der Waals surface area contributed by atoms with Gasteiger partial charge in [-0.05, 0) is 19.1 Å². The highest BCUT2D eigenvalue weighted by Gasteiger charge is 2.15. The Morgan fingerprint density at radius 1 is 1.47 bits per heavy atom. The highest BCUT2D eigenvalue weighted by atomic mass is 32.1. The maximum absolute atomic E-state index is 10.8. The van der Waals surface area contributed by atoms with Gasteiger partial charge in [0.2, 0.25) is 0 Å². The van der Waals surface area contributed by atoms with E-state index in [0.29, 0.717) is 11.3 Å². The number of nitrogens with zero attached hydrogens (tertiary/aromatic N) is 1. The summed E-state index contributed by atoms with van der Waals surface area (Å²) in [5.74, 6) is -1.21. The summed E-state index contributed by atoms with van der Waals surface area (Å²) in [5, 5.41) is 27.5. The number of thiol groups is 1. The Hall–Kier alpha value is -1.69. The molecule has 1 rings (SSSR count). The molecule has 0 aliphatic rings. The van der Waals surface area contributed by atoms with E-state index >= 15 is 0 Å². The van der Waals surface area contributed by atoms with Crippen LogP contribution >= 0.6 is 12.6 Å². The average molecular weight is 255 g/mol. The number of carbonyl (C=O) groups is 1. The second-order valence-electron chi connectivity index (χ2n) is 3.45. The summed E-state index contributed by atoms with van der Waals surface area (Å²) in [7, 11) is 0. The highest BCUT2D eigenvalue weighted by molar-refractivity contribution is 7.80. The van der Waals surface area contributed by atoms with E-state index in [9.17, 15) is 9.90 Å². The fourth-order valence-electron chi connectivity index (χ4n) is 1.30. The molecule has 0 heterocycles. The standard InChI is InChI=1S/C11H13NO4S/c1-6(12-9(5-17)11(15)16)8-3-2-7(13)4-10(8)14/h2-4,9,13-14,17H,5H2,1H3,(H,15,16). The fourth-order valence-corrected chi connectivity index (χ4v) is 1.54. The van der Waals surface area contributed by atoms with Gasteiger partial charge in [0.1, 0.15) is 11.5 Å². The zero-order chi connectivity index (χ0) is 13.0. The van der Waals surface area contributed by atoms with E-state index in [1.807, 2.05) is 0 Å². The molecule has 0 saturated heterocycles. The topological polar surface area (TPSA) is 90.1 Å². The summed E-state index contributed by atoms with van der Waals surface area (Å²) in [6.07, 6.45) is 0. The Morgan fingerprint density at radius 2 is 2.12 bits per heavy atom. The second kappa shape index (κ2) is 5.58. The van der Waals surface area contributed by atoms with Crippen LogP contribution in [0.1, 0.15) is 12.5 Å². The van der Waals surface area contributed by atoms with Crippen LogP contribution < -0.4 is 0 Å². The van der Waals surface area contributed by atoms with Gasteiger partial charge in [-0.1, -0.05) is 0 Å². The normalized spacial score (nSPS) is 13.4. The number of phenolic OH excluding ortho intramolecular Hbond substituents is 2. The SMILES string of the molecule is CC(=NC(CS)C(=O)O)c1ccc(O)cc1O. The molecule has 6 heteroatoms. The lowest BCUT2D eigenvalue weighted by Crippen LogP contribution is -2.21. The Kier molecular flexibility index (Phi) is 4.39. The van der Waals surface area contributed by atoms with E-state index < -0.39 is 12.0 Å². The van der Waals surface area contributed by atoms with Crippen LogP contribution in [0.3, 0.4) is 0 Å². The van der Waals surface area contributed by atoms with Crippen molar-refractivity contribution < 1.29 is 20.1 Å². The van der Waals surface area contributed by atoms with Gasteiger partial charge in [-0.15, -0.1) is 0 Å². The maximum Gasteiger partial charge on any atom is 0.329 e. The van der Waals surface area contributed by atoms with E-state index in [1.165, 1.54) is 18.2 Å². The van der Waals surface area contributed by atoms with Crippen molar-refractivity contribution in [3.8, 4) is 11.5 Å². The van der Waals surface area contributed by atoms with Crippen molar-refractivity contribution in [2.75, 3.05) is 5.75 Å². The molecule has 0 saturated carbocycles. The van der Waals surface area contributed by atoms with Crippen LogP contribution in [0.4, 0.5) is 0 Å². The summed E-state index contributed by atoms with van der Waals surface area (Å²) in [6.45, 7) is 1.59. The molecule has 0 bridgehead atoms. The third-order valence-electron chi connectivity index (χ3n) is 2.18. The van der Waals surface area contributed by atoms with Crippen molar-refractivity contribution >= 4 is 24.3 Å². The molecule has 0 spiro atoms. The number of aromatic hydroxyl groups is 2. The molecule has 0 amide bonds. The Bertz CT molecular complexity index is 459. The Labute approximate surface area is 104 Å². The van der Waals surface area contributed by atoms with Crippen molar-refractivity contribution in [2.45, 2.75) is 13.0 Å². The third kappa shape index (κ3) is 3.39. The van der Waals surface area contributed by atoms with Crippen molar-refractivity contribution in [3.63, 3.8) is 0 Å². The molecule has 0 aliphatic carbocycles. The molecule has 17 heavy (non-hydrogen) atoms. The van der Waals surface area contributed by atoms with Gasteiger partial charge in [0.15, 0.2) is 6.04 Å². The molecule has 1 aromatic rings. The monoisotopic (exact) mass is 255 g/mol. The van der Waals surface area contributed by atoms with Crippen LogP contribution in [-0.2, 0) is 4.79 Å². The molecular weight excluding hydrogens is 242 g/mol. The first-order valence-electron chi connectivity index (χ1n) is 4.86. The largest absolute Gasteiger partial charge is 0.508 e. The summed E-state index contributed by atoms with van der Waals surface area (Å²) in [5.41, 5.74) is 0.764. The molecular formula is C11H13NO4S. The third-order valence-corrected chi connectivity index (χ3v) is 2.52. The van der Waals surface area contributed by atoms with Crippen LogP contribution in [0.25, 0.3) is 0 Å². The van der Waals surface area contributed by atoms with Gasteiger partial charge >= 0.3 is 5.97 Å². The minimum atomic E-state index is -1.07. The van der Waals surface area contributed by atoms with E-state index in [0.717, 1.165) is 0 Å². The van der Waals surface area contributed by atoms with Crippen LogP contribution in [0, 0.1) is 0 Å². The summed E-state index contributed by atoms with van der Waals surface area (Å²) < 4.78 is 0. The molecule has 5 nitrogen and oxygen atoms in total. The number of aliphatic carboxylic acids is 1. The summed E-state index contributed by atoms with van der Waals surface area (Å²) in [6, 6.07) is 3.09. The zero-order valence-electron chi connectivity index (χ0n) is 9.16. The lowest BCUT2D eigenvalue weighted by molar-refractivity contribution is -0.137. The number of aliphatic imine (C=N–C) groups is 1. The lowest BCUT2D eigenvalue weighted by Gasteiger charge is -2.08. The maximum atomic E-state index is 10.8. The van der Waals surface area contributed by atoms with E-state index in [2.05, 4.69) is 17.6 Å². The van der Waals surface area contributed by atoms with E-state index in [-0.39, 0.29) is 17.3 Å². The van der Waals surface area contributed by atoms with E-state index in [1.54, 1.807) is 6.92 Å². The molecule has 0 radical (unpaired) electrons. The van der Waals surface area contributed by atoms with Crippen LogP contribution in [0.5, 0.6) is 11.5 Å². The van der Waals surface area contributed by atoms with Gasteiger partial charge < -0.3 is 15.3 Å². The predicted molar refractivity (Wildman–Crippen MR) is 67.3 cm³/mol. The van der Waals surface area contributed by atoms with Gasteiger partial charge in [0, 0.05) is 23.1 Å². The molecule has 92 valence electrons. The second-order valence-corrected chi connectivity index (χ2v) is 3.82. The van der Waals surface area contributed by atoms with Crippen LogP contribution in [0.15, 0.2) is 23.2 Å². The number of benzene rings is 1. The Morgan fingerprint density at radius 3 is 2.59 bits per heavy atom. The molecule has 1 unspecified atom stereocenters. The van der Waals surface area contributed by atoms with E-state index in [4.69, 9.17) is 10.2 Å².